The molecule has 8 heteroatoms. The van der Waals surface area contributed by atoms with E-state index in [0.717, 1.165) is 30.4 Å². The number of nitrogens with one attached hydrogen (secondary N) is 1. The van der Waals surface area contributed by atoms with E-state index in [9.17, 15) is 4.79 Å². The van der Waals surface area contributed by atoms with Gasteiger partial charge in [0.25, 0.3) is 0 Å². The molecule has 0 aliphatic heterocycles. The molecule has 0 radical (unpaired) electrons. The van der Waals surface area contributed by atoms with Crippen LogP contribution in [0.25, 0.3) is 11.4 Å². The van der Waals surface area contributed by atoms with Gasteiger partial charge in [-0.1, -0.05) is 30.8 Å². The van der Waals surface area contributed by atoms with Crippen molar-refractivity contribution in [3.8, 4) is 17.1 Å². The first kappa shape index (κ1) is 21.9. The second-order valence-electron chi connectivity index (χ2n) is 7.48. The van der Waals surface area contributed by atoms with Crippen LogP contribution in [0.4, 0.5) is 5.69 Å². The van der Waals surface area contributed by atoms with Crippen LogP contribution in [0.1, 0.15) is 43.6 Å². The molecule has 2 aromatic heterocycles. The van der Waals surface area contributed by atoms with Gasteiger partial charge in [-0.15, -0.1) is 21.5 Å². The smallest absolute Gasteiger partial charge is 0.234 e. The highest BCUT2D eigenvalue weighted by atomic mass is 32.2. The van der Waals surface area contributed by atoms with Crippen molar-refractivity contribution in [2.75, 3.05) is 17.7 Å². The van der Waals surface area contributed by atoms with E-state index >= 15 is 0 Å². The summed E-state index contributed by atoms with van der Waals surface area (Å²) in [4.78, 5) is 14.1. The normalized spacial score (nSPS) is 13.1. The van der Waals surface area contributed by atoms with E-state index in [1.807, 2.05) is 42.5 Å². The second-order valence-corrected chi connectivity index (χ2v) is 9.39. The maximum atomic E-state index is 12.6. The van der Waals surface area contributed by atoms with Crippen molar-refractivity contribution in [2.24, 2.45) is 0 Å². The highest BCUT2D eigenvalue weighted by Crippen LogP contribution is 2.37. The number of carbonyl (C=O) groups is 1. The van der Waals surface area contributed by atoms with Gasteiger partial charge in [0.15, 0.2) is 11.0 Å². The van der Waals surface area contributed by atoms with Crippen molar-refractivity contribution in [3.05, 3.63) is 40.1 Å². The lowest BCUT2D eigenvalue weighted by atomic mass is 9.95. The van der Waals surface area contributed by atoms with E-state index in [0.29, 0.717) is 18.0 Å². The maximum Gasteiger partial charge on any atom is 0.234 e. The van der Waals surface area contributed by atoms with E-state index in [-0.39, 0.29) is 11.7 Å². The van der Waals surface area contributed by atoms with E-state index in [4.69, 9.17) is 4.74 Å². The molecule has 1 aliphatic carbocycles. The monoisotopic (exact) mass is 456 g/mol. The van der Waals surface area contributed by atoms with Crippen LogP contribution in [0.2, 0.25) is 0 Å². The SMILES string of the molecule is CCCn1c(SCC(=O)Nc2ccccc2OCC)nnc1-c1csc2c1CCCC2. The Morgan fingerprint density at radius 3 is 2.90 bits per heavy atom. The molecule has 6 nitrogen and oxygen atoms in total. The molecule has 1 amide bonds. The van der Waals surface area contributed by atoms with Gasteiger partial charge in [-0.2, -0.15) is 0 Å². The molecule has 0 fully saturated rings. The Bertz CT molecular complexity index is 1040. The van der Waals surface area contributed by atoms with Gasteiger partial charge in [-0.05, 0) is 56.7 Å². The van der Waals surface area contributed by atoms with Crippen LogP contribution in [0.15, 0.2) is 34.8 Å². The summed E-state index contributed by atoms with van der Waals surface area (Å²) in [7, 11) is 0. The quantitative estimate of drug-likeness (QED) is 0.435. The number of nitrogens with zero attached hydrogens (tertiary/aromatic N) is 3. The van der Waals surface area contributed by atoms with Crippen LogP contribution in [-0.4, -0.2) is 33.0 Å². The zero-order valence-corrected chi connectivity index (χ0v) is 19.7. The Morgan fingerprint density at radius 2 is 2.06 bits per heavy atom. The number of amides is 1. The van der Waals surface area contributed by atoms with Crippen LogP contribution >= 0.6 is 23.1 Å². The third-order valence-electron chi connectivity index (χ3n) is 5.26. The van der Waals surface area contributed by atoms with Crippen molar-refractivity contribution in [2.45, 2.75) is 57.7 Å². The van der Waals surface area contributed by atoms with Gasteiger partial charge in [-0.3, -0.25) is 4.79 Å². The number of aryl methyl sites for hydroxylation is 1. The van der Waals surface area contributed by atoms with E-state index in [1.54, 1.807) is 0 Å². The first-order valence-corrected chi connectivity index (χ1v) is 12.7. The van der Waals surface area contributed by atoms with E-state index in [1.165, 1.54) is 47.0 Å². The number of hydrogen-bond acceptors (Lipinski definition) is 6. The minimum Gasteiger partial charge on any atom is -0.492 e. The largest absolute Gasteiger partial charge is 0.492 e. The Labute approximate surface area is 191 Å². The minimum atomic E-state index is -0.0855. The molecular formula is C23H28N4O2S2. The molecule has 0 bridgehead atoms. The number of rotatable bonds is 9. The number of thiophene rings is 1. The molecule has 1 N–H and O–H groups in total. The molecule has 164 valence electrons. The number of hydrogen-bond donors (Lipinski definition) is 1. The molecule has 2 heterocycles. The Hall–Kier alpha value is -2.32. The predicted octanol–water partition coefficient (Wildman–Crippen LogP) is 5.42. The zero-order chi connectivity index (χ0) is 21.6. The molecule has 0 saturated heterocycles. The lowest BCUT2D eigenvalue weighted by molar-refractivity contribution is -0.113. The predicted molar refractivity (Wildman–Crippen MR) is 127 cm³/mol. The molecule has 1 aromatic carbocycles. The molecular weight excluding hydrogens is 428 g/mol. The average Bonchev–Trinajstić information content (AvgIpc) is 3.38. The molecule has 0 unspecified atom stereocenters. The number of carbonyl (C=O) groups excluding carboxylic acids is 1. The van der Waals surface area contributed by atoms with Crippen LogP contribution in [-0.2, 0) is 24.2 Å². The third kappa shape index (κ3) is 4.96. The number of fused-ring (bicyclic) bond motifs is 1. The first-order valence-electron chi connectivity index (χ1n) is 10.9. The fraction of sp³-hybridized carbons (Fsp3) is 0.435. The maximum absolute atomic E-state index is 12.6. The van der Waals surface area contributed by atoms with Gasteiger partial charge in [0, 0.05) is 22.4 Å². The van der Waals surface area contributed by atoms with Gasteiger partial charge in [-0.25, -0.2) is 0 Å². The lowest BCUT2D eigenvalue weighted by Gasteiger charge is -2.14. The fourth-order valence-electron chi connectivity index (χ4n) is 3.87. The highest BCUT2D eigenvalue weighted by molar-refractivity contribution is 7.99. The number of ether oxygens (including phenoxy) is 1. The van der Waals surface area contributed by atoms with Crippen molar-refractivity contribution < 1.29 is 9.53 Å². The van der Waals surface area contributed by atoms with Crippen LogP contribution in [0, 0.1) is 0 Å². The van der Waals surface area contributed by atoms with Crippen LogP contribution in [0.5, 0.6) is 5.75 Å². The number of anilines is 1. The van der Waals surface area contributed by atoms with E-state index in [2.05, 4.69) is 32.4 Å². The van der Waals surface area contributed by atoms with Crippen LogP contribution < -0.4 is 10.1 Å². The molecule has 0 atom stereocenters. The number of para-hydroxylation sites is 2. The van der Waals surface area contributed by atoms with Gasteiger partial charge >= 0.3 is 0 Å². The van der Waals surface area contributed by atoms with Gasteiger partial charge in [0.05, 0.1) is 18.0 Å². The number of benzene rings is 1. The number of thioether (sulfide) groups is 1. The summed E-state index contributed by atoms with van der Waals surface area (Å²) in [6, 6.07) is 7.49. The Kier molecular flexibility index (Phi) is 7.29. The molecule has 31 heavy (non-hydrogen) atoms. The minimum absolute atomic E-state index is 0.0855. The molecule has 4 rings (SSSR count). The molecule has 1 aliphatic rings. The Morgan fingerprint density at radius 1 is 1.23 bits per heavy atom. The Balaban J connectivity index is 1.48. The summed E-state index contributed by atoms with van der Waals surface area (Å²) in [6.07, 6.45) is 5.80. The average molecular weight is 457 g/mol. The highest BCUT2D eigenvalue weighted by Gasteiger charge is 2.22. The molecule has 3 aromatic rings. The summed E-state index contributed by atoms with van der Waals surface area (Å²) in [5.74, 6) is 1.80. The summed E-state index contributed by atoms with van der Waals surface area (Å²) < 4.78 is 7.76. The van der Waals surface area contributed by atoms with Crippen LogP contribution in [0.3, 0.4) is 0 Å². The van der Waals surface area contributed by atoms with Gasteiger partial charge < -0.3 is 14.6 Å². The van der Waals surface area contributed by atoms with Crippen molar-refractivity contribution in [1.82, 2.24) is 14.8 Å². The van der Waals surface area contributed by atoms with Gasteiger partial charge in [0.1, 0.15) is 5.75 Å². The standard InChI is InChI=1S/C23H28N4O2S2/c1-3-13-27-22(17-14-30-20-12-8-5-9-16(17)20)25-26-23(27)31-15-21(28)24-18-10-6-7-11-19(18)29-4-2/h6-7,10-11,14H,3-5,8-9,12-13,15H2,1-2H3,(H,24,28). The summed E-state index contributed by atoms with van der Waals surface area (Å²) in [6.45, 7) is 5.47. The second kappa shape index (κ2) is 10.3. The molecule has 0 saturated carbocycles. The first-order chi connectivity index (χ1) is 15.2. The van der Waals surface area contributed by atoms with Crippen molar-refractivity contribution >= 4 is 34.7 Å². The van der Waals surface area contributed by atoms with Gasteiger partial charge in [0.2, 0.25) is 5.91 Å². The number of aromatic nitrogens is 3. The third-order valence-corrected chi connectivity index (χ3v) is 7.32. The fourth-order valence-corrected chi connectivity index (χ4v) is 5.76. The molecule has 0 spiro atoms. The van der Waals surface area contributed by atoms with Crippen molar-refractivity contribution in [3.63, 3.8) is 0 Å². The summed E-state index contributed by atoms with van der Waals surface area (Å²) in [5.41, 5.74) is 3.36. The van der Waals surface area contributed by atoms with Crippen molar-refractivity contribution in [1.29, 1.82) is 0 Å². The topological polar surface area (TPSA) is 69.0 Å². The zero-order valence-electron chi connectivity index (χ0n) is 18.0. The summed E-state index contributed by atoms with van der Waals surface area (Å²) in [5, 5.41) is 15.0. The summed E-state index contributed by atoms with van der Waals surface area (Å²) >= 11 is 3.27. The lowest BCUT2D eigenvalue weighted by Crippen LogP contribution is -2.15. The van der Waals surface area contributed by atoms with E-state index < -0.39 is 0 Å².